The highest BCUT2D eigenvalue weighted by molar-refractivity contribution is 5.10. The minimum atomic E-state index is 0.896. The smallest absolute Gasteiger partial charge is 0.0235 e. The molecule has 4 bridgehead atoms. The molecule has 0 aliphatic heterocycles. The van der Waals surface area contributed by atoms with E-state index in [2.05, 4.69) is 6.92 Å². The van der Waals surface area contributed by atoms with Crippen molar-refractivity contribution in [2.45, 2.75) is 51.9 Å². The van der Waals surface area contributed by atoms with Gasteiger partial charge in [0, 0.05) is 0 Å². The molecule has 0 amide bonds. The third-order valence-corrected chi connectivity index (χ3v) is 6.22. The van der Waals surface area contributed by atoms with Crippen molar-refractivity contribution in [2.75, 3.05) is 0 Å². The van der Waals surface area contributed by atoms with Crippen LogP contribution in [-0.4, -0.2) is 0 Å². The Morgan fingerprint density at radius 1 is 0.786 bits per heavy atom. The van der Waals surface area contributed by atoms with Crippen LogP contribution in [0.25, 0.3) is 0 Å². The van der Waals surface area contributed by atoms with Crippen LogP contribution in [0.2, 0.25) is 0 Å². The van der Waals surface area contributed by atoms with Crippen LogP contribution in [0.1, 0.15) is 51.9 Å². The van der Waals surface area contributed by atoms with Crippen molar-refractivity contribution in [1.82, 2.24) is 0 Å². The van der Waals surface area contributed by atoms with E-state index in [0.717, 1.165) is 11.3 Å². The maximum atomic E-state index is 2.47. The van der Waals surface area contributed by atoms with E-state index in [1.165, 1.54) is 23.7 Å². The molecule has 0 unspecified atom stereocenters. The first kappa shape index (κ1) is 8.19. The van der Waals surface area contributed by atoms with Crippen molar-refractivity contribution in [3.63, 3.8) is 0 Å². The average molecular weight is 190 g/mol. The Balaban J connectivity index is 1.68. The molecule has 0 radical (unpaired) electrons. The highest BCUT2D eigenvalue weighted by atomic mass is 14.7. The van der Waals surface area contributed by atoms with E-state index in [4.69, 9.17) is 0 Å². The van der Waals surface area contributed by atoms with Gasteiger partial charge in [-0.1, -0.05) is 6.92 Å². The zero-order valence-corrected chi connectivity index (χ0v) is 9.34. The zero-order chi connectivity index (χ0) is 9.34. The Labute approximate surface area is 87.5 Å². The van der Waals surface area contributed by atoms with Crippen LogP contribution in [0.5, 0.6) is 0 Å². The van der Waals surface area contributed by atoms with Crippen LogP contribution in [0, 0.1) is 35.0 Å². The van der Waals surface area contributed by atoms with Gasteiger partial charge >= 0.3 is 0 Å². The van der Waals surface area contributed by atoms with E-state index in [9.17, 15) is 0 Å². The summed E-state index contributed by atoms with van der Waals surface area (Å²) in [4.78, 5) is 0. The van der Waals surface area contributed by atoms with E-state index in [0.29, 0.717) is 0 Å². The maximum absolute atomic E-state index is 2.47. The first-order valence-corrected chi connectivity index (χ1v) is 6.76. The molecule has 14 heavy (non-hydrogen) atoms. The Kier molecular flexibility index (Phi) is 1.40. The summed E-state index contributed by atoms with van der Waals surface area (Å²) in [6.45, 7) is 2.47. The second-order valence-electron chi connectivity index (χ2n) is 7.05. The summed E-state index contributed by atoms with van der Waals surface area (Å²) in [5.41, 5.74) is 0.896. The Morgan fingerprint density at radius 2 is 1.29 bits per heavy atom. The molecule has 0 aromatic rings. The number of hydrogen-bond acceptors (Lipinski definition) is 0. The van der Waals surface area contributed by atoms with Crippen molar-refractivity contribution >= 4 is 0 Å². The fourth-order valence-corrected chi connectivity index (χ4v) is 6.03. The molecule has 0 heteroatoms. The zero-order valence-electron chi connectivity index (χ0n) is 9.34. The van der Waals surface area contributed by atoms with Gasteiger partial charge in [0.1, 0.15) is 0 Å². The number of rotatable bonds is 0. The van der Waals surface area contributed by atoms with Gasteiger partial charge in [-0.15, -0.1) is 0 Å². The van der Waals surface area contributed by atoms with Gasteiger partial charge in [-0.2, -0.15) is 0 Å². The van der Waals surface area contributed by atoms with Crippen molar-refractivity contribution in [2.24, 2.45) is 35.0 Å². The lowest BCUT2D eigenvalue weighted by atomic mass is 9.38. The summed E-state index contributed by atoms with van der Waals surface area (Å²) in [6.07, 6.45) is 11.3. The molecule has 5 aliphatic rings. The molecule has 5 rings (SSSR count). The standard InChI is InChI=1S/C14H22/c1-9-7-14(8-9)12-3-10-2-11(5-12)6-13(14)4-10/h9-13H,2-8H2,1H3. The predicted octanol–water partition coefficient (Wildman–Crippen LogP) is 3.86. The van der Waals surface area contributed by atoms with Crippen LogP contribution < -0.4 is 0 Å². The van der Waals surface area contributed by atoms with Gasteiger partial charge in [0.15, 0.2) is 0 Å². The van der Waals surface area contributed by atoms with Gasteiger partial charge in [0.2, 0.25) is 0 Å². The minimum Gasteiger partial charge on any atom is -0.0625 e. The van der Waals surface area contributed by atoms with Crippen LogP contribution in [0.4, 0.5) is 0 Å². The first-order chi connectivity index (χ1) is 6.76. The quantitative estimate of drug-likeness (QED) is 0.544. The summed E-state index contributed by atoms with van der Waals surface area (Å²) in [7, 11) is 0. The molecule has 0 nitrogen and oxygen atoms in total. The maximum Gasteiger partial charge on any atom is -0.0235 e. The van der Waals surface area contributed by atoms with Gasteiger partial charge < -0.3 is 0 Å². The average Bonchev–Trinajstić information content (AvgIpc) is 2.08. The third-order valence-electron chi connectivity index (χ3n) is 6.22. The summed E-state index contributed by atoms with van der Waals surface area (Å²) < 4.78 is 0. The fraction of sp³-hybridized carbons (Fsp3) is 1.00. The van der Waals surface area contributed by atoms with E-state index in [-0.39, 0.29) is 0 Å². The van der Waals surface area contributed by atoms with Gasteiger partial charge in [-0.3, -0.25) is 0 Å². The van der Waals surface area contributed by atoms with Gasteiger partial charge in [-0.05, 0) is 80.0 Å². The summed E-state index contributed by atoms with van der Waals surface area (Å²) in [5.74, 6) is 5.75. The molecule has 0 atom stereocenters. The van der Waals surface area contributed by atoms with Crippen molar-refractivity contribution in [1.29, 1.82) is 0 Å². The van der Waals surface area contributed by atoms with Crippen molar-refractivity contribution in [3.05, 3.63) is 0 Å². The first-order valence-electron chi connectivity index (χ1n) is 6.76. The second-order valence-corrected chi connectivity index (χ2v) is 7.05. The molecule has 0 aromatic carbocycles. The monoisotopic (exact) mass is 190 g/mol. The topological polar surface area (TPSA) is 0 Å². The van der Waals surface area contributed by atoms with E-state index < -0.39 is 0 Å². The largest absolute Gasteiger partial charge is 0.0625 e. The molecular formula is C14H22. The van der Waals surface area contributed by atoms with Gasteiger partial charge in [-0.25, -0.2) is 0 Å². The highest BCUT2D eigenvalue weighted by Gasteiger charge is 2.60. The lowest BCUT2D eigenvalue weighted by Crippen LogP contribution is -2.58. The lowest BCUT2D eigenvalue weighted by Gasteiger charge is -2.67. The SMILES string of the molecule is CC1CC2(C1)C1CC3CC(C1)CC2C3. The van der Waals surface area contributed by atoms with Crippen molar-refractivity contribution < 1.29 is 0 Å². The lowest BCUT2D eigenvalue weighted by molar-refractivity contribution is -0.170. The molecule has 0 aromatic heterocycles. The predicted molar refractivity (Wildman–Crippen MR) is 57.9 cm³/mol. The minimum absolute atomic E-state index is 0.896. The second kappa shape index (κ2) is 2.39. The molecule has 0 N–H and O–H groups in total. The molecule has 5 saturated carbocycles. The molecular weight excluding hydrogens is 168 g/mol. The van der Waals surface area contributed by atoms with Crippen LogP contribution in [0.15, 0.2) is 0 Å². The number of hydrogen-bond donors (Lipinski definition) is 0. The fourth-order valence-electron chi connectivity index (χ4n) is 6.03. The Hall–Kier alpha value is 0. The molecule has 0 heterocycles. The molecule has 1 spiro atoms. The summed E-state index contributed by atoms with van der Waals surface area (Å²) >= 11 is 0. The highest BCUT2D eigenvalue weighted by Crippen LogP contribution is 2.70. The molecule has 0 saturated heterocycles. The molecule has 78 valence electrons. The summed E-state index contributed by atoms with van der Waals surface area (Å²) in [5, 5.41) is 0. The molecule has 5 fully saturated rings. The van der Waals surface area contributed by atoms with Crippen LogP contribution in [0.3, 0.4) is 0 Å². The van der Waals surface area contributed by atoms with E-state index >= 15 is 0 Å². The van der Waals surface area contributed by atoms with Crippen LogP contribution >= 0.6 is 0 Å². The Morgan fingerprint density at radius 3 is 1.71 bits per heavy atom. The molecule has 5 aliphatic carbocycles. The van der Waals surface area contributed by atoms with Gasteiger partial charge in [0.25, 0.3) is 0 Å². The van der Waals surface area contributed by atoms with Crippen LogP contribution in [-0.2, 0) is 0 Å². The van der Waals surface area contributed by atoms with E-state index in [1.807, 2.05) is 0 Å². The van der Waals surface area contributed by atoms with Crippen molar-refractivity contribution in [3.8, 4) is 0 Å². The third kappa shape index (κ3) is 0.823. The summed E-state index contributed by atoms with van der Waals surface area (Å²) in [6, 6.07) is 0. The van der Waals surface area contributed by atoms with Gasteiger partial charge in [0.05, 0.1) is 0 Å². The Bertz CT molecular complexity index is 229. The van der Waals surface area contributed by atoms with E-state index in [1.54, 1.807) is 44.9 Å². The normalized spacial score (nSPS) is 64.5.